The summed E-state index contributed by atoms with van der Waals surface area (Å²) >= 11 is 0. The highest BCUT2D eigenvalue weighted by Gasteiger charge is 2.26. The Bertz CT molecular complexity index is 515. The minimum absolute atomic E-state index is 0.166. The van der Waals surface area contributed by atoms with Gasteiger partial charge in [-0.15, -0.1) is 0 Å². The molecule has 4 heteroatoms. The number of nitrogens with one attached hydrogen (secondary N) is 1. The zero-order valence-electron chi connectivity index (χ0n) is 14.8. The summed E-state index contributed by atoms with van der Waals surface area (Å²) in [6.45, 7) is 6.70. The Morgan fingerprint density at radius 3 is 2.58 bits per heavy atom. The third-order valence-electron chi connectivity index (χ3n) is 5.28. The second-order valence-corrected chi connectivity index (χ2v) is 7.27. The summed E-state index contributed by atoms with van der Waals surface area (Å²) in [4.78, 5) is 14.9. The maximum absolute atomic E-state index is 12.4. The van der Waals surface area contributed by atoms with Crippen molar-refractivity contribution >= 4 is 5.91 Å². The summed E-state index contributed by atoms with van der Waals surface area (Å²) < 4.78 is 5.83. The van der Waals surface area contributed by atoms with E-state index in [0.717, 1.165) is 39.1 Å². The van der Waals surface area contributed by atoms with Gasteiger partial charge in [0.1, 0.15) is 0 Å². The lowest BCUT2D eigenvalue weighted by Gasteiger charge is -2.34. The molecule has 2 aliphatic heterocycles. The molecule has 2 fully saturated rings. The number of nitrogens with zero attached hydrogens (tertiary/aromatic N) is 1. The molecule has 0 spiro atoms. The number of benzene rings is 1. The third-order valence-corrected chi connectivity index (χ3v) is 5.28. The number of hydrogen-bond acceptors (Lipinski definition) is 3. The maximum atomic E-state index is 12.4. The number of aryl methyl sites for hydroxylation is 1. The highest BCUT2D eigenvalue weighted by atomic mass is 16.5. The van der Waals surface area contributed by atoms with Crippen molar-refractivity contribution in [2.75, 3.05) is 26.2 Å². The Morgan fingerprint density at radius 2 is 1.92 bits per heavy atom. The quantitative estimate of drug-likeness (QED) is 0.902. The number of amides is 1. The van der Waals surface area contributed by atoms with Crippen LogP contribution in [-0.2, 0) is 16.1 Å². The van der Waals surface area contributed by atoms with Crippen LogP contribution in [0.15, 0.2) is 24.3 Å². The lowest BCUT2D eigenvalue weighted by atomic mass is 9.95. The second kappa shape index (κ2) is 8.63. The number of rotatable bonds is 5. The molecule has 2 saturated heterocycles. The number of carbonyl (C=O) groups excluding carboxylic acids is 1. The fourth-order valence-corrected chi connectivity index (χ4v) is 3.66. The van der Waals surface area contributed by atoms with E-state index in [2.05, 4.69) is 41.4 Å². The van der Waals surface area contributed by atoms with Gasteiger partial charge in [0.25, 0.3) is 0 Å². The van der Waals surface area contributed by atoms with E-state index >= 15 is 0 Å². The molecule has 1 aromatic rings. The number of ether oxygens (including phenoxy) is 1. The van der Waals surface area contributed by atoms with Crippen LogP contribution >= 0.6 is 0 Å². The van der Waals surface area contributed by atoms with Gasteiger partial charge in [-0.3, -0.25) is 4.79 Å². The Labute approximate surface area is 145 Å². The minimum Gasteiger partial charge on any atom is -0.377 e. The predicted molar refractivity (Wildman–Crippen MR) is 95.8 cm³/mol. The summed E-state index contributed by atoms with van der Waals surface area (Å²) in [5, 5.41) is 3.10. The van der Waals surface area contributed by atoms with E-state index in [-0.39, 0.29) is 11.8 Å². The number of piperidine rings is 1. The normalized spacial score (nSPS) is 23.1. The zero-order chi connectivity index (χ0) is 16.8. The summed E-state index contributed by atoms with van der Waals surface area (Å²) in [5.41, 5.74) is 2.42. The molecule has 132 valence electrons. The highest BCUT2D eigenvalue weighted by Crippen LogP contribution is 2.20. The smallest absolute Gasteiger partial charge is 0.223 e. The third kappa shape index (κ3) is 5.05. The van der Waals surface area contributed by atoms with Crippen LogP contribution in [0.5, 0.6) is 0 Å². The Kier molecular flexibility index (Phi) is 6.27. The number of hydrogen-bond donors (Lipinski definition) is 1. The van der Waals surface area contributed by atoms with Gasteiger partial charge in [-0.05, 0) is 57.7 Å². The van der Waals surface area contributed by atoms with Crippen molar-refractivity contribution in [3.05, 3.63) is 35.4 Å². The summed E-state index contributed by atoms with van der Waals surface area (Å²) in [5.74, 6) is 0.378. The van der Waals surface area contributed by atoms with Crippen molar-refractivity contribution in [1.82, 2.24) is 10.2 Å². The van der Waals surface area contributed by atoms with Crippen LogP contribution in [0.4, 0.5) is 0 Å². The van der Waals surface area contributed by atoms with Gasteiger partial charge in [-0.25, -0.2) is 0 Å². The van der Waals surface area contributed by atoms with Crippen LogP contribution in [0.2, 0.25) is 0 Å². The van der Waals surface area contributed by atoms with Gasteiger partial charge in [-0.2, -0.15) is 0 Å². The molecule has 1 amide bonds. The van der Waals surface area contributed by atoms with Gasteiger partial charge in [0, 0.05) is 25.6 Å². The van der Waals surface area contributed by atoms with Gasteiger partial charge in [-0.1, -0.05) is 29.8 Å². The Hall–Kier alpha value is -1.39. The lowest BCUT2D eigenvalue weighted by molar-refractivity contribution is -0.126. The summed E-state index contributed by atoms with van der Waals surface area (Å²) in [6.07, 6.45) is 6.03. The van der Waals surface area contributed by atoms with E-state index in [1.807, 2.05) is 0 Å². The molecule has 1 atom stereocenters. The van der Waals surface area contributed by atoms with E-state index in [1.165, 1.54) is 30.4 Å². The topological polar surface area (TPSA) is 41.6 Å². The van der Waals surface area contributed by atoms with E-state index in [1.54, 1.807) is 0 Å². The van der Waals surface area contributed by atoms with Crippen LogP contribution in [0.1, 0.15) is 43.2 Å². The molecule has 0 saturated carbocycles. The van der Waals surface area contributed by atoms with Crippen molar-refractivity contribution in [2.45, 2.75) is 51.7 Å². The molecular formula is C20H30N2O2. The Morgan fingerprint density at radius 1 is 1.17 bits per heavy atom. The molecule has 2 heterocycles. The van der Waals surface area contributed by atoms with Crippen LogP contribution in [0.25, 0.3) is 0 Å². The highest BCUT2D eigenvalue weighted by molar-refractivity contribution is 5.78. The SMILES string of the molecule is Cc1ccc(CNC(=O)C2CCN(CC3CCCCO3)CC2)cc1. The van der Waals surface area contributed by atoms with E-state index in [0.29, 0.717) is 12.6 Å². The van der Waals surface area contributed by atoms with Crippen molar-refractivity contribution in [2.24, 2.45) is 5.92 Å². The molecule has 1 aromatic carbocycles. The van der Waals surface area contributed by atoms with Crippen LogP contribution in [-0.4, -0.2) is 43.2 Å². The maximum Gasteiger partial charge on any atom is 0.223 e. The van der Waals surface area contributed by atoms with E-state index in [9.17, 15) is 4.79 Å². The van der Waals surface area contributed by atoms with Gasteiger partial charge in [0.15, 0.2) is 0 Å². The van der Waals surface area contributed by atoms with Crippen molar-refractivity contribution in [3.63, 3.8) is 0 Å². The van der Waals surface area contributed by atoms with Gasteiger partial charge < -0.3 is 15.0 Å². The fourth-order valence-electron chi connectivity index (χ4n) is 3.66. The van der Waals surface area contributed by atoms with Crippen LogP contribution in [0.3, 0.4) is 0 Å². The van der Waals surface area contributed by atoms with Crippen LogP contribution < -0.4 is 5.32 Å². The molecule has 0 aliphatic carbocycles. The number of carbonyl (C=O) groups is 1. The van der Waals surface area contributed by atoms with E-state index in [4.69, 9.17) is 4.74 Å². The molecule has 0 bridgehead atoms. The molecule has 4 nitrogen and oxygen atoms in total. The molecule has 1 unspecified atom stereocenters. The number of likely N-dealkylation sites (tertiary alicyclic amines) is 1. The molecular weight excluding hydrogens is 300 g/mol. The Balaban J connectivity index is 1.37. The van der Waals surface area contributed by atoms with Gasteiger partial charge >= 0.3 is 0 Å². The summed E-state index contributed by atoms with van der Waals surface area (Å²) in [7, 11) is 0. The average molecular weight is 330 g/mol. The van der Waals surface area contributed by atoms with Crippen molar-refractivity contribution in [3.8, 4) is 0 Å². The molecule has 3 rings (SSSR count). The minimum atomic E-state index is 0.166. The second-order valence-electron chi connectivity index (χ2n) is 7.27. The van der Waals surface area contributed by atoms with Gasteiger partial charge in [0.2, 0.25) is 5.91 Å². The predicted octanol–water partition coefficient (Wildman–Crippen LogP) is 2.89. The molecule has 24 heavy (non-hydrogen) atoms. The zero-order valence-corrected chi connectivity index (χ0v) is 14.8. The molecule has 0 aromatic heterocycles. The van der Waals surface area contributed by atoms with Crippen molar-refractivity contribution in [1.29, 1.82) is 0 Å². The van der Waals surface area contributed by atoms with Crippen molar-refractivity contribution < 1.29 is 9.53 Å². The fraction of sp³-hybridized carbons (Fsp3) is 0.650. The first-order chi connectivity index (χ1) is 11.7. The standard InChI is InChI=1S/C20H30N2O2/c1-16-5-7-17(8-6-16)14-21-20(23)18-9-11-22(12-10-18)15-19-4-2-3-13-24-19/h5-8,18-19H,2-4,9-15H2,1H3,(H,21,23). The first-order valence-corrected chi connectivity index (χ1v) is 9.38. The van der Waals surface area contributed by atoms with Gasteiger partial charge in [0.05, 0.1) is 6.10 Å². The first-order valence-electron chi connectivity index (χ1n) is 9.38. The monoisotopic (exact) mass is 330 g/mol. The van der Waals surface area contributed by atoms with Crippen LogP contribution in [0, 0.1) is 12.8 Å². The van der Waals surface area contributed by atoms with E-state index < -0.39 is 0 Å². The molecule has 0 radical (unpaired) electrons. The largest absolute Gasteiger partial charge is 0.377 e. The lowest BCUT2D eigenvalue weighted by Crippen LogP contribution is -2.43. The molecule has 1 N–H and O–H groups in total. The average Bonchev–Trinajstić information content (AvgIpc) is 2.62. The first kappa shape index (κ1) is 17.4. The molecule has 2 aliphatic rings. The summed E-state index contributed by atoms with van der Waals surface area (Å²) in [6, 6.07) is 8.35.